The Morgan fingerprint density at radius 1 is 1.43 bits per heavy atom. The third-order valence-electron chi connectivity index (χ3n) is 3.69. The number of hydrogen-bond acceptors (Lipinski definition) is 4. The Kier molecular flexibility index (Phi) is 4.10. The number of hydrogen-bond donors (Lipinski definition) is 2. The fraction of sp³-hybridized carbons (Fsp3) is 0.312. The second-order valence-electron chi connectivity index (χ2n) is 5.46. The standard InChI is InChI=1S/C16H16FN3O3/c1-9(19-15(22)12-6-7-14(21)20-12)16-18-8-13(23-16)10-2-4-11(17)5-3-10/h2-5,8-9,12H,6-7H2,1H3,(H,19,22)(H,20,21). The Morgan fingerprint density at radius 2 is 2.17 bits per heavy atom. The number of carbonyl (C=O) groups is 2. The van der Waals surface area contributed by atoms with E-state index in [0.717, 1.165) is 0 Å². The summed E-state index contributed by atoms with van der Waals surface area (Å²) in [7, 11) is 0. The Balaban J connectivity index is 1.66. The number of halogens is 1. The van der Waals surface area contributed by atoms with E-state index >= 15 is 0 Å². The largest absolute Gasteiger partial charge is 0.438 e. The minimum absolute atomic E-state index is 0.118. The molecule has 120 valence electrons. The molecule has 2 heterocycles. The fourth-order valence-corrected chi connectivity index (χ4v) is 2.42. The molecule has 0 spiro atoms. The quantitative estimate of drug-likeness (QED) is 0.902. The molecule has 2 N–H and O–H groups in total. The first-order chi connectivity index (χ1) is 11.0. The summed E-state index contributed by atoms with van der Waals surface area (Å²) in [5.74, 6) is 0.141. The van der Waals surface area contributed by atoms with Crippen molar-refractivity contribution < 1.29 is 18.4 Å². The highest BCUT2D eigenvalue weighted by Gasteiger charge is 2.28. The van der Waals surface area contributed by atoms with Crippen LogP contribution in [0.2, 0.25) is 0 Å². The molecule has 1 saturated heterocycles. The predicted molar refractivity (Wildman–Crippen MR) is 79.6 cm³/mol. The molecule has 1 aliphatic heterocycles. The molecule has 0 saturated carbocycles. The molecule has 6 nitrogen and oxygen atoms in total. The van der Waals surface area contributed by atoms with Gasteiger partial charge >= 0.3 is 0 Å². The molecule has 1 aromatic heterocycles. The van der Waals surface area contributed by atoms with E-state index in [1.807, 2.05) is 0 Å². The van der Waals surface area contributed by atoms with Crippen molar-refractivity contribution in [3.8, 4) is 11.3 Å². The zero-order valence-electron chi connectivity index (χ0n) is 12.5. The van der Waals surface area contributed by atoms with Crippen LogP contribution >= 0.6 is 0 Å². The van der Waals surface area contributed by atoms with Crippen LogP contribution in [-0.4, -0.2) is 22.8 Å². The van der Waals surface area contributed by atoms with E-state index in [1.54, 1.807) is 19.1 Å². The van der Waals surface area contributed by atoms with Gasteiger partial charge in [0.05, 0.1) is 6.20 Å². The van der Waals surface area contributed by atoms with Gasteiger partial charge in [-0.2, -0.15) is 0 Å². The highest BCUT2D eigenvalue weighted by atomic mass is 19.1. The summed E-state index contributed by atoms with van der Waals surface area (Å²) >= 11 is 0. The van der Waals surface area contributed by atoms with Crippen molar-refractivity contribution in [2.75, 3.05) is 0 Å². The molecule has 2 atom stereocenters. The molecular formula is C16H16FN3O3. The number of nitrogens with zero attached hydrogens (tertiary/aromatic N) is 1. The van der Waals surface area contributed by atoms with E-state index in [-0.39, 0.29) is 17.6 Å². The Hall–Kier alpha value is -2.70. The van der Waals surface area contributed by atoms with Gasteiger partial charge in [0.15, 0.2) is 5.76 Å². The number of amides is 2. The van der Waals surface area contributed by atoms with Gasteiger partial charge < -0.3 is 15.1 Å². The average molecular weight is 317 g/mol. The monoisotopic (exact) mass is 317 g/mol. The van der Waals surface area contributed by atoms with Crippen LogP contribution in [0.4, 0.5) is 4.39 Å². The van der Waals surface area contributed by atoms with E-state index in [1.165, 1.54) is 18.3 Å². The van der Waals surface area contributed by atoms with Crippen molar-refractivity contribution in [1.82, 2.24) is 15.6 Å². The Bertz CT molecular complexity index is 726. The summed E-state index contributed by atoms with van der Waals surface area (Å²) in [6.45, 7) is 1.74. The normalized spacial score (nSPS) is 18.5. The summed E-state index contributed by atoms with van der Waals surface area (Å²) in [5.41, 5.74) is 0.701. The van der Waals surface area contributed by atoms with Crippen LogP contribution in [0.5, 0.6) is 0 Å². The van der Waals surface area contributed by atoms with Gasteiger partial charge in [0.25, 0.3) is 0 Å². The van der Waals surface area contributed by atoms with Crippen LogP contribution in [0.15, 0.2) is 34.9 Å². The third kappa shape index (κ3) is 3.39. The number of aromatic nitrogens is 1. The smallest absolute Gasteiger partial charge is 0.243 e. The second kappa shape index (κ2) is 6.20. The lowest BCUT2D eigenvalue weighted by molar-refractivity contribution is -0.126. The van der Waals surface area contributed by atoms with E-state index in [2.05, 4.69) is 15.6 Å². The first-order valence-electron chi connectivity index (χ1n) is 7.34. The number of rotatable bonds is 4. The lowest BCUT2D eigenvalue weighted by Crippen LogP contribution is -2.42. The van der Waals surface area contributed by atoms with Crippen LogP contribution in [-0.2, 0) is 9.59 Å². The summed E-state index contributed by atoms with van der Waals surface area (Å²) in [6, 6.07) is 4.93. The average Bonchev–Trinajstić information content (AvgIpc) is 3.17. The fourth-order valence-electron chi connectivity index (χ4n) is 2.42. The van der Waals surface area contributed by atoms with Crippen molar-refractivity contribution in [1.29, 1.82) is 0 Å². The number of oxazole rings is 1. The van der Waals surface area contributed by atoms with Crippen molar-refractivity contribution in [2.24, 2.45) is 0 Å². The summed E-state index contributed by atoms with van der Waals surface area (Å²) in [6.07, 6.45) is 2.38. The maximum atomic E-state index is 12.9. The maximum Gasteiger partial charge on any atom is 0.243 e. The Labute approximate surface area is 132 Å². The minimum Gasteiger partial charge on any atom is -0.438 e. The highest BCUT2D eigenvalue weighted by Crippen LogP contribution is 2.23. The predicted octanol–water partition coefficient (Wildman–Crippen LogP) is 1.94. The van der Waals surface area contributed by atoms with Gasteiger partial charge in [0.1, 0.15) is 17.9 Å². The summed E-state index contributed by atoms with van der Waals surface area (Å²) < 4.78 is 18.6. The second-order valence-corrected chi connectivity index (χ2v) is 5.46. The van der Waals surface area contributed by atoms with Crippen LogP contribution in [0.1, 0.15) is 31.7 Å². The molecule has 0 radical (unpaired) electrons. The molecular weight excluding hydrogens is 301 g/mol. The van der Waals surface area contributed by atoms with E-state index < -0.39 is 12.1 Å². The molecule has 7 heteroatoms. The summed E-state index contributed by atoms with van der Waals surface area (Å²) in [4.78, 5) is 27.3. The SMILES string of the molecule is CC(NC(=O)C1CCC(=O)N1)c1ncc(-c2ccc(F)cc2)o1. The maximum absolute atomic E-state index is 12.9. The lowest BCUT2D eigenvalue weighted by atomic mass is 10.2. The molecule has 0 bridgehead atoms. The van der Waals surface area contributed by atoms with Gasteiger partial charge in [-0.05, 0) is 37.6 Å². The lowest BCUT2D eigenvalue weighted by Gasteiger charge is -2.14. The van der Waals surface area contributed by atoms with Gasteiger partial charge in [-0.15, -0.1) is 0 Å². The molecule has 2 unspecified atom stereocenters. The van der Waals surface area contributed by atoms with E-state index in [0.29, 0.717) is 30.1 Å². The molecule has 1 fully saturated rings. The summed E-state index contributed by atoms with van der Waals surface area (Å²) in [5, 5.41) is 5.37. The molecule has 3 rings (SSSR count). The van der Waals surface area contributed by atoms with Gasteiger partial charge in [-0.25, -0.2) is 9.37 Å². The van der Waals surface area contributed by atoms with Crippen molar-refractivity contribution in [2.45, 2.75) is 31.8 Å². The van der Waals surface area contributed by atoms with Gasteiger partial charge in [0, 0.05) is 12.0 Å². The van der Waals surface area contributed by atoms with Crippen LogP contribution < -0.4 is 10.6 Å². The molecule has 23 heavy (non-hydrogen) atoms. The molecule has 2 amide bonds. The van der Waals surface area contributed by atoms with Gasteiger partial charge in [-0.1, -0.05) is 0 Å². The van der Waals surface area contributed by atoms with Gasteiger partial charge in [-0.3, -0.25) is 9.59 Å². The van der Waals surface area contributed by atoms with Gasteiger partial charge in [0.2, 0.25) is 17.7 Å². The minimum atomic E-state index is -0.503. The Morgan fingerprint density at radius 3 is 2.83 bits per heavy atom. The van der Waals surface area contributed by atoms with E-state index in [9.17, 15) is 14.0 Å². The zero-order chi connectivity index (χ0) is 16.4. The molecule has 0 aliphatic carbocycles. The first-order valence-corrected chi connectivity index (χ1v) is 7.34. The van der Waals surface area contributed by atoms with Crippen LogP contribution in [0, 0.1) is 5.82 Å². The highest BCUT2D eigenvalue weighted by molar-refractivity contribution is 5.90. The zero-order valence-corrected chi connectivity index (χ0v) is 12.5. The van der Waals surface area contributed by atoms with E-state index in [4.69, 9.17) is 4.42 Å². The van der Waals surface area contributed by atoms with Crippen molar-refractivity contribution in [3.05, 3.63) is 42.2 Å². The number of carbonyl (C=O) groups excluding carboxylic acids is 2. The van der Waals surface area contributed by atoms with Crippen molar-refractivity contribution >= 4 is 11.8 Å². The third-order valence-corrected chi connectivity index (χ3v) is 3.69. The number of nitrogens with one attached hydrogen (secondary N) is 2. The number of benzene rings is 1. The van der Waals surface area contributed by atoms with Crippen LogP contribution in [0.3, 0.4) is 0 Å². The first kappa shape index (κ1) is 15.2. The molecule has 1 aliphatic rings. The van der Waals surface area contributed by atoms with Crippen molar-refractivity contribution in [3.63, 3.8) is 0 Å². The van der Waals surface area contributed by atoms with Crippen LogP contribution in [0.25, 0.3) is 11.3 Å². The molecule has 2 aromatic rings. The molecule has 1 aromatic carbocycles. The topological polar surface area (TPSA) is 84.2 Å².